The molecule has 0 saturated carbocycles. The molecular weight excluding hydrogens is 234 g/mol. The molecule has 2 aromatic carbocycles. The van der Waals surface area contributed by atoms with Gasteiger partial charge in [0.15, 0.2) is 0 Å². The molecule has 0 aliphatic heterocycles. The molecule has 0 aliphatic rings. The Hall–Kier alpha value is -1.38. The average Bonchev–Trinajstić information content (AvgIpc) is 2.46. The third-order valence-electron chi connectivity index (χ3n) is 4.09. The molecule has 0 heterocycles. The standard InChI is InChI=1S/C17H23NO/c1-3-12(2)17(19)16(11-18)15-9-8-13-6-4-5-7-14(13)10-15/h4-10,12,16-17,19H,3,11,18H2,1-2H3. The molecule has 0 aliphatic carbocycles. The van der Waals surface area contributed by atoms with Gasteiger partial charge < -0.3 is 10.8 Å². The van der Waals surface area contributed by atoms with E-state index in [4.69, 9.17) is 5.73 Å². The Morgan fingerprint density at radius 2 is 1.79 bits per heavy atom. The number of benzene rings is 2. The summed E-state index contributed by atoms with van der Waals surface area (Å²) in [7, 11) is 0. The van der Waals surface area contributed by atoms with Crippen LogP contribution in [0, 0.1) is 5.92 Å². The molecule has 3 unspecified atom stereocenters. The highest BCUT2D eigenvalue weighted by Gasteiger charge is 2.24. The molecule has 0 radical (unpaired) electrons. The lowest BCUT2D eigenvalue weighted by atomic mass is 9.85. The average molecular weight is 257 g/mol. The molecular formula is C17H23NO. The van der Waals surface area contributed by atoms with Crippen LogP contribution >= 0.6 is 0 Å². The molecule has 3 atom stereocenters. The maximum absolute atomic E-state index is 10.4. The SMILES string of the molecule is CCC(C)C(O)C(CN)c1ccc2ccccc2c1. The number of nitrogens with two attached hydrogens (primary N) is 1. The zero-order valence-electron chi connectivity index (χ0n) is 11.7. The van der Waals surface area contributed by atoms with Crippen LogP contribution in [-0.2, 0) is 0 Å². The van der Waals surface area contributed by atoms with Crippen molar-refractivity contribution in [3.63, 3.8) is 0 Å². The van der Waals surface area contributed by atoms with E-state index in [1.165, 1.54) is 10.8 Å². The molecule has 2 aromatic rings. The minimum Gasteiger partial charge on any atom is -0.392 e. The summed E-state index contributed by atoms with van der Waals surface area (Å²) in [6.07, 6.45) is 0.585. The van der Waals surface area contributed by atoms with Gasteiger partial charge in [0.25, 0.3) is 0 Å². The Balaban J connectivity index is 2.35. The molecule has 19 heavy (non-hydrogen) atoms. The van der Waals surface area contributed by atoms with Gasteiger partial charge in [-0.2, -0.15) is 0 Å². The minimum absolute atomic E-state index is 0.0135. The number of fused-ring (bicyclic) bond motifs is 1. The van der Waals surface area contributed by atoms with E-state index < -0.39 is 0 Å². The topological polar surface area (TPSA) is 46.2 Å². The monoisotopic (exact) mass is 257 g/mol. The smallest absolute Gasteiger partial charge is 0.0646 e. The van der Waals surface area contributed by atoms with Crippen LogP contribution in [0.15, 0.2) is 42.5 Å². The number of rotatable bonds is 5. The Labute approximate surface area is 115 Å². The van der Waals surface area contributed by atoms with Crippen LogP contribution in [0.4, 0.5) is 0 Å². The lowest BCUT2D eigenvalue weighted by molar-refractivity contribution is 0.0886. The van der Waals surface area contributed by atoms with E-state index in [1.54, 1.807) is 0 Å². The maximum atomic E-state index is 10.4. The highest BCUT2D eigenvalue weighted by molar-refractivity contribution is 5.83. The van der Waals surface area contributed by atoms with Gasteiger partial charge in [-0.05, 0) is 22.3 Å². The first-order valence-electron chi connectivity index (χ1n) is 7.04. The molecule has 0 fully saturated rings. The van der Waals surface area contributed by atoms with Crippen molar-refractivity contribution in [1.82, 2.24) is 0 Å². The first-order chi connectivity index (χ1) is 9.17. The fraction of sp³-hybridized carbons (Fsp3) is 0.412. The number of hydrogen-bond acceptors (Lipinski definition) is 2. The summed E-state index contributed by atoms with van der Waals surface area (Å²) in [4.78, 5) is 0. The van der Waals surface area contributed by atoms with Gasteiger partial charge in [-0.15, -0.1) is 0 Å². The minimum atomic E-state index is -0.379. The lowest BCUT2D eigenvalue weighted by Gasteiger charge is -2.26. The molecule has 0 saturated heterocycles. The van der Waals surface area contributed by atoms with E-state index in [-0.39, 0.29) is 17.9 Å². The van der Waals surface area contributed by atoms with Gasteiger partial charge in [-0.25, -0.2) is 0 Å². The summed E-state index contributed by atoms with van der Waals surface area (Å²) in [5.41, 5.74) is 7.02. The summed E-state index contributed by atoms with van der Waals surface area (Å²) >= 11 is 0. The van der Waals surface area contributed by atoms with Gasteiger partial charge in [-0.1, -0.05) is 62.7 Å². The van der Waals surface area contributed by atoms with Crippen LogP contribution in [0.2, 0.25) is 0 Å². The fourth-order valence-electron chi connectivity index (χ4n) is 2.55. The predicted molar refractivity (Wildman–Crippen MR) is 81.2 cm³/mol. The summed E-state index contributed by atoms with van der Waals surface area (Å²) in [5, 5.41) is 12.8. The van der Waals surface area contributed by atoms with Crippen molar-refractivity contribution in [2.24, 2.45) is 11.7 Å². The van der Waals surface area contributed by atoms with Gasteiger partial charge >= 0.3 is 0 Å². The molecule has 2 heteroatoms. The Morgan fingerprint density at radius 3 is 2.42 bits per heavy atom. The van der Waals surface area contributed by atoms with Crippen LogP contribution in [-0.4, -0.2) is 17.8 Å². The van der Waals surface area contributed by atoms with Crippen molar-refractivity contribution in [2.75, 3.05) is 6.54 Å². The van der Waals surface area contributed by atoms with Gasteiger partial charge in [0.05, 0.1) is 6.10 Å². The van der Waals surface area contributed by atoms with Crippen LogP contribution < -0.4 is 5.73 Å². The molecule has 102 valence electrons. The van der Waals surface area contributed by atoms with Crippen molar-refractivity contribution in [1.29, 1.82) is 0 Å². The van der Waals surface area contributed by atoms with Crippen molar-refractivity contribution in [3.05, 3.63) is 48.0 Å². The maximum Gasteiger partial charge on any atom is 0.0646 e. The Morgan fingerprint density at radius 1 is 1.11 bits per heavy atom. The van der Waals surface area contributed by atoms with Crippen LogP contribution in [0.3, 0.4) is 0 Å². The van der Waals surface area contributed by atoms with Crippen LogP contribution in [0.5, 0.6) is 0 Å². The van der Waals surface area contributed by atoms with Crippen molar-refractivity contribution in [3.8, 4) is 0 Å². The van der Waals surface area contributed by atoms with E-state index in [0.717, 1.165) is 12.0 Å². The first-order valence-corrected chi connectivity index (χ1v) is 7.04. The number of aliphatic hydroxyl groups excluding tert-OH is 1. The first kappa shape index (κ1) is 14.0. The molecule has 0 spiro atoms. The molecule has 0 aromatic heterocycles. The molecule has 0 amide bonds. The van der Waals surface area contributed by atoms with Gasteiger partial charge in [-0.3, -0.25) is 0 Å². The highest BCUT2D eigenvalue weighted by atomic mass is 16.3. The summed E-state index contributed by atoms with van der Waals surface area (Å²) in [5.74, 6) is 0.277. The zero-order valence-corrected chi connectivity index (χ0v) is 11.7. The van der Waals surface area contributed by atoms with E-state index in [9.17, 15) is 5.11 Å². The fourth-order valence-corrected chi connectivity index (χ4v) is 2.55. The molecule has 0 bridgehead atoms. The summed E-state index contributed by atoms with van der Waals surface area (Å²) in [6, 6.07) is 14.6. The van der Waals surface area contributed by atoms with Crippen molar-refractivity contribution in [2.45, 2.75) is 32.3 Å². The normalized spacial score (nSPS) is 16.2. The Bertz CT molecular complexity index is 538. The van der Waals surface area contributed by atoms with Gasteiger partial charge in [0, 0.05) is 12.5 Å². The van der Waals surface area contributed by atoms with Crippen molar-refractivity contribution >= 4 is 10.8 Å². The zero-order chi connectivity index (χ0) is 13.8. The largest absolute Gasteiger partial charge is 0.392 e. The lowest BCUT2D eigenvalue weighted by Crippen LogP contribution is -2.30. The quantitative estimate of drug-likeness (QED) is 0.863. The van der Waals surface area contributed by atoms with Crippen molar-refractivity contribution < 1.29 is 5.11 Å². The van der Waals surface area contributed by atoms with Crippen LogP contribution in [0.25, 0.3) is 10.8 Å². The second kappa shape index (κ2) is 6.18. The third kappa shape index (κ3) is 2.96. The molecule has 3 N–H and O–H groups in total. The van der Waals surface area contributed by atoms with Gasteiger partial charge in [0.1, 0.15) is 0 Å². The van der Waals surface area contributed by atoms with E-state index in [1.807, 2.05) is 12.1 Å². The van der Waals surface area contributed by atoms with E-state index in [2.05, 4.69) is 44.2 Å². The number of hydrogen-bond donors (Lipinski definition) is 2. The highest BCUT2D eigenvalue weighted by Crippen LogP contribution is 2.27. The predicted octanol–water partition coefficient (Wildman–Crippen LogP) is 3.29. The summed E-state index contributed by atoms with van der Waals surface area (Å²) < 4.78 is 0. The van der Waals surface area contributed by atoms with E-state index in [0.29, 0.717) is 6.54 Å². The molecule has 2 nitrogen and oxygen atoms in total. The Kier molecular flexibility index (Phi) is 4.56. The third-order valence-corrected chi connectivity index (χ3v) is 4.09. The van der Waals surface area contributed by atoms with Gasteiger partial charge in [0.2, 0.25) is 0 Å². The van der Waals surface area contributed by atoms with E-state index >= 15 is 0 Å². The second-order valence-electron chi connectivity index (χ2n) is 5.32. The number of aliphatic hydroxyl groups is 1. The molecule has 2 rings (SSSR count). The summed E-state index contributed by atoms with van der Waals surface area (Å²) in [6.45, 7) is 4.65. The van der Waals surface area contributed by atoms with Crippen LogP contribution in [0.1, 0.15) is 31.7 Å². The second-order valence-corrected chi connectivity index (χ2v) is 5.32.